The van der Waals surface area contributed by atoms with Crippen LogP contribution in [0.25, 0.3) is 22.2 Å². The first-order valence-corrected chi connectivity index (χ1v) is 9.65. The van der Waals surface area contributed by atoms with Crippen LogP contribution in [0.1, 0.15) is 31.9 Å². The highest BCUT2D eigenvalue weighted by Gasteiger charge is 2.14. The Morgan fingerprint density at radius 2 is 1.68 bits per heavy atom. The molecule has 3 aromatic carbocycles. The Hall–Kier alpha value is -3.05. The van der Waals surface area contributed by atoms with E-state index in [0.29, 0.717) is 10.6 Å². The molecule has 0 amide bonds. The lowest BCUT2D eigenvalue weighted by Gasteiger charge is -2.18. The molecule has 5 heteroatoms. The molecule has 28 heavy (non-hydrogen) atoms. The fourth-order valence-corrected chi connectivity index (χ4v) is 3.37. The average molecular weight is 387 g/mol. The summed E-state index contributed by atoms with van der Waals surface area (Å²) >= 11 is 5.40. The van der Waals surface area contributed by atoms with Crippen LogP contribution in [0.3, 0.4) is 0 Å². The number of fused-ring (bicyclic) bond motifs is 1. The molecule has 0 aliphatic carbocycles. The summed E-state index contributed by atoms with van der Waals surface area (Å²) in [5.41, 5.74) is 3.39. The van der Waals surface area contributed by atoms with Gasteiger partial charge in [-0.1, -0.05) is 87.5 Å². The fourth-order valence-electron chi connectivity index (χ4n) is 3.19. The Labute approximate surface area is 169 Å². The van der Waals surface area contributed by atoms with Crippen LogP contribution < -0.4 is 0 Å². The van der Waals surface area contributed by atoms with Crippen molar-refractivity contribution < 1.29 is 0 Å². The molecule has 0 unspecified atom stereocenters. The highest BCUT2D eigenvalue weighted by atomic mass is 32.1. The Balaban J connectivity index is 1.73. The molecular weight excluding hydrogens is 364 g/mol. The van der Waals surface area contributed by atoms with Crippen molar-refractivity contribution in [3.05, 3.63) is 82.6 Å². The van der Waals surface area contributed by atoms with Crippen molar-refractivity contribution in [2.24, 2.45) is 5.10 Å². The number of aromatic amines is 1. The zero-order chi connectivity index (χ0) is 19.7. The predicted octanol–water partition coefficient (Wildman–Crippen LogP) is 5.94. The van der Waals surface area contributed by atoms with Crippen molar-refractivity contribution in [1.29, 1.82) is 0 Å². The van der Waals surface area contributed by atoms with Gasteiger partial charge in [0.15, 0.2) is 5.82 Å². The van der Waals surface area contributed by atoms with E-state index in [9.17, 15) is 0 Å². The summed E-state index contributed by atoms with van der Waals surface area (Å²) in [6.45, 7) is 6.60. The lowest BCUT2D eigenvalue weighted by molar-refractivity contribution is 0.590. The number of hydrogen-bond acceptors (Lipinski definition) is 3. The van der Waals surface area contributed by atoms with E-state index in [1.165, 1.54) is 10.9 Å². The van der Waals surface area contributed by atoms with Crippen molar-refractivity contribution >= 4 is 29.2 Å². The SMILES string of the molecule is CC(C)(C)c1ccc(-c2n[nH]c(=S)n2/N=C\c2cccc3ccccc23)cc1. The Kier molecular flexibility index (Phi) is 4.69. The van der Waals surface area contributed by atoms with Gasteiger partial charge in [-0.3, -0.25) is 0 Å². The minimum Gasteiger partial charge on any atom is -0.250 e. The molecule has 4 nitrogen and oxygen atoms in total. The molecule has 0 fully saturated rings. The van der Waals surface area contributed by atoms with E-state index in [-0.39, 0.29) is 5.41 Å². The summed E-state index contributed by atoms with van der Waals surface area (Å²) in [6.07, 6.45) is 1.83. The van der Waals surface area contributed by atoms with Gasteiger partial charge in [0, 0.05) is 11.1 Å². The number of hydrogen-bond donors (Lipinski definition) is 1. The lowest BCUT2D eigenvalue weighted by Crippen LogP contribution is -2.10. The van der Waals surface area contributed by atoms with E-state index in [4.69, 9.17) is 12.2 Å². The van der Waals surface area contributed by atoms with Gasteiger partial charge in [0.05, 0.1) is 6.21 Å². The molecule has 0 bridgehead atoms. The first-order chi connectivity index (χ1) is 13.4. The van der Waals surface area contributed by atoms with E-state index >= 15 is 0 Å². The quantitative estimate of drug-likeness (QED) is 0.350. The van der Waals surface area contributed by atoms with Crippen molar-refractivity contribution in [2.45, 2.75) is 26.2 Å². The van der Waals surface area contributed by atoms with Crippen LogP contribution in [0.2, 0.25) is 0 Å². The van der Waals surface area contributed by atoms with Gasteiger partial charge in [0.2, 0.25) is 4.77 Å². The Bertz CT molecular complexity index is 1200. The monoisotopic (exact) mass is 386 g/mol. The van der Waals surface area contributed by atoms with Crippen molar-refractivity contribution in [3.63, 3.8) is 0 Å². The molecule has 0 saturated carbocycles. The topological polar surface area (TPSA) is 46.0 Å². The zero-order valence-electron chi connectivity index (χ0n) is 16.2. The van der Waals surface area contributed by atoms with Crippen LogP contribution in [0, 0.1) is 4.77 Å². The summed E-state index contributed by atoms with van der Waals surface area (Å²) in [6, 6.07) is 22.8. The molecule has 4 aromatic rings. The number of nitrogens with zero attached hydrogens (tertiary/aromatic N) is 3. The number of nitrogens with one attached hydrogen (secondary N) is 1. The third-order valence-electron chi connectivity index (χ3n) is 4.80. The maximum absolute atomic E-state index is 5.40. The van der Waals surface area contributed by atoms with E-state index in [1.54, 1.807) is 4.68 Å². The largest absolute Gasteiger partial charge is 0.250 e. The molecule has 0 aliphatic heterocycles. The second-order valence-electron chi connectivity index (χ2n) is 7.80. The Morgan fingerprint density at radius 1 is 0.964 bits per heavy atom. The Morgan fingerprint density at radius 3 is 2.43 bits per heavy atom. The van der Waals surface area contributed by atoms with Crippen molar-refractivity contribution in [2.75, 3.05) is 0 Å². The van der Waals surface area contributed by atoms with Crippen LogP contribution in [0.5, 0.6) is 0 Å². The van der Waals surface area contributed by atoms with Crippen LogP contribution in [0.15, 0.2) is 71.8 Å². The van der Waals surface area contributed by atoms with Gasteiger partial charge in [-0.05, 0) is 34.0 Å². The molecule has 1 aromatic heterocycles. The number of H-pyrrole nitrogens is 1. The van der Waals surface area contributed by atoms with Gasteiger partial charge in [-0.15, -0.1) is 0 Å². The van der Waals surface area contributed by atoms with E-state index in [0.717, 1.165) is 16.5 Å². The average Bonchev–Trinajstić information content (AvgIpc) is 3.06. The smallest absolute Gasteiger partial charge is 0.216 e. The van der Waals surface area contributed by atoms with Gasteiger partial charge in [-0.2, -0.15) is 14.9 Å². The summed E-state index contributed by atoms with van der Waals surface area (Å²) in [5, 5.41) is 14.2. The maximum atomic E-state index is 5.40. The minimum atomic E-state index is 0.107. The number of rotatable bonds is 3. The lowest BCUT2D eigenvalue weighted by atomic mass is 9.87. The number of aromatic nitrogens is 3. The van der Waals surface area contributed by atoms with Crippen molar-refractivity contribution in [1.82, 2.24) is 14.9 Å². The highest BCUT2D eigenvalue weighted by molar-refractivity contribution is 7.71. The molecule has 0 radical (unpaired) electrons. The fraction of sp³-hybridized carbons (Fsp3) is 0.174. The molecule has 0 atom stereocenters. The molecule has 1 N–H and O–H groups in total. The van der Waals surface area contributed by atoms with E-state index in [2.05, 4.69) is 78.5 Å². The molecule has 0 spiro atoms. The highest BCUT2D eigenvalue weighted by Crippen LogP contribution is 2.25. The molecule has 1 heterocycles. The van der Waals surface area contributed by atoms with Gasteiger partial charge < -0.3 is 0 Å². The van der Waals surface area contributed by atoms with Crippen molar-refractivity contribution in [3.8, 4) is 11.4 Å². The predicted molar refractivity (Wildman–Crippen MR) is 118 cm³/mol. The third kappa shape index (κ3) is 3.53. The third-order valence-corrected chi connectivity index (χ3v) is 5.06. The van der Waals surface area contributed by atoms with Gasteiger partial charge in [-0.25, -0.2) is 5.10 Å². The van der Waals surface area contributed by atoms with Gasteiger partial charge >= 0.3 is 0 Å². The van der Waals surface area contributed by atoms with Gasteiger partial charge in [0.1, 0.15) is 0 Å². The normalized spacial score (nSPS) is 12.1. The van der Waals surface area contributed by atoms with E-state index in [1.807, 2.05) is 30.5 Å². The maximum Gasteiger partial charge on any atom is 0.216 e. The van der Waals surface area contributed by atoms with Gasteiger partial charge in [0.25, 0.3) is 0 Å². The van der Waals surface area contributed by atoms with E-state index < -0.39 is 0 Å². The van der Waals surface area contributed by atoms with Crippen LogP contribution >= 0.6 is 12.2 Å². The molecule has 0 aliphatic rings. The first-order valence-electron chi connectivity index (χ1n) is 9.24. The zero-order valence-corrected chi connectivity index (χ0v) is 17.0. The molecule has 140 valence electrons. The molecule has 0 saturated heterocycles. The van der Waals surface area contributed by atoms with Crippen LogP contribution in [0.4, 0.5) is 0 Å². The van der Waals surface area contributed by atoms with Crippen LogP contribution in [-0.4, -0.2) is 21.1 Å². The number of benzene rings is 3. The summed E-state index contributed by atoms with van der Waals surface area (Å²) in [5.74, 6) is 0.696. The molecular formula is C23H22N4S. The minimum absolute atomic E-state index is 0.107. The second-order valence-corrected chi connectivity index (χ2v) is 8.19. The summed E-state index contributed by atoms with van der Waals surface area (Å²) < 4.78 is 2.13. The second kappa shape index (κ2) is 7.17. The standard InChI is InChI=1S/C23H22N4S/c1-23(2,3)19-13-11-17(12-14-19)21-25-26-22(28)27(21)24-15-18-9-6-8-16-7-4-5-10-20(16)18/h4-15H,1-3H3,(H,26,28)/b24-15-. The van der Waals surface area contributed by atoms with Crippen LogP contribution in [-0.2, 0) is 5.41 Å². The first kappa shape index (κ1) is 18.3. The molecule has 4 rings (SSSR count). The summed E-state index contributed by atoms with van der Waals surface area (Å²) in [7, 11) is 0. The summed E-state index contributed by atoms with van der Waals surface area (Å²) in [4.78, 5) is 0.